The molecular formula is C13H14ClFN2OS. The van der Waals surface area contributed by atoms with Crippen LogP contribution >= 0.6 is 22.9 Å². The minimum atomic E-state index is -0.535. The topological polar surface area (TPSA) is 34.2 Å². The Kier molecular flexibility index (Phi) is 5.13. The highest BCUT2D eigenvalue weighted by Crippen LogP contribution is 2.24. The number of hydrogen-bond donors (Lipinski definition) is 1. The molecule has 0 radical (unpaired) electrons. The Morgan fingerprint density at radius 3 is 3.11 bits per heavy atom. The normalized spacial score (nSPS) is 10.7. The van der Waals surface area contributed by atoms with Gasteiger partial charge in [-0.3, -0.25) is 0 Å². The maximum atomic E-state index is 13.6. The van der Waals surface area contributed by atoms with Gasteiger partial charge in [-0.05, 0) is 18.7 Å². The largest absolute Gasteiger partial charge is 0.484 e. The summed E-state index contributed by atoms with van der Waals surface area (Å²) in [5, 5.41) is 6.16. The highest BCUT2D eigenvalue weighted by Gasteiger charge is 2.08. The summed E-state index contributed by atoms with van der Waals surface area (Å²) in [5.74, 6) is -0.388. The summed E-state index contributed by atoms with van der Waals surface area (Å²) in [6.45, 7) is 3.92. The van der Waals surface area contributed by atoms with Crippen LogP contribution in [0.4, 0.5) is 4.39 Å². The zero-order valence-corrected chi connectivity index (χ0v) is 12.0. The number of nitrogens with one attached hydrogen (secondary N) is 1. The summed E-state index contributed by atoms with van der Waals surface area (Å²) in [4.78, 5) is 4.39. The Morgan fingerprint density at radius 1 is 1.47 bits per heavy atom. The predicted molar refractivity (Wildman–Crippen MR) is 75.2 cm³/mol. The molecule has 0 saturated heterocycles. The lowest BCUT2D eigenvalue weighted by molar-refractivity contribution is 0.286. The van der Waals surface area contributed by atoms with Gasteiger partial charge in [0.25, 0.3) is 0 Å². The number of nitrogens with zero attached hydrogens (tertiary/aromatic N) is 1. The van der Waals surface area contributed by atoms with Crippen molar-refractivity contribution in [3.05, 3.63) is 45.1 Å². The van der Waals surface area contributed by atoms with E-state index in [2.05, 4.69) is 10.3 Å². The molecule has 1 aromatic carbocycles. The van der Waals surface area contributed by atoms with Gasteiger partial charge < -0.3 is 10.1 Å². The number of thiazole rings is 1. The monoisotopic (exact) mass is 300 g/mol. The fraction of sp³-hybridized carbons (Fsp3) is 0.308. The van der Waals surface area contributed by atoms with Crippen LogP contribution in [0, 0.1) is 5.82 Å². The van der Waals surface area contributed by atoms with E-state index in [0.29, 0.717) is 0 Å². The molecule has 0 aliphatic heterocycles. The molecule has 0 spiro atoms. The number of hydrogen-bond acceptors (Lipinski definition) is 4. The first-order chi connectivity index (χ1) is 9.20. The second kappa shape index (κ2) is 6.84. The lowest BCUT2D eigenvalue weighted by Gasteiger charge is -2.06. The number of halogens is 2. The SMILES string of the molecule is CCNCc1nc(COc2cccc(Cl)c2F)cs1. The number of aromatic nitrogens is 1. The van der Waals surface area contributed by atoms with Crippen molar-refractivity contribution >= 4 is 22.9 Å². The van der Waals surface area contributed by atoms with Crippen molar-refractivity contribution in [2.45, 2.75) is 20.1 Å². The van der Waals surface area contributed by atoms with Gasteiger partial charge in [0.15, 0.2) is 11.6 Å². The van der Waals surface area contributed by atoms with E-state index in [1.54, 1.807) is 23.5 Å². The van der Waals surface area contributed by atoms with Crippen LogP contribution in [0.25, 0.3) is 0 Å². The van der Waals surface area contributed by atoms with Crippen molar-refractivity contribution in [1.82, 2.24) is 10.3 Å². The number of benzene rings is 1. The van der Waals surface area contributed by atoms with Crippen LogP contribution in [0.3, 0.4) is 0 Å². The molecule has 0 atom stereocenters. The molecule has 6 heteroatoms. The molecule has 19 heavy (non-hydrogen) atoms. The fourth-order valence-corrected chi connectivity index (χ4v) is 2.39. The average Bonchev–Trinajstić information content (AvgIpc) is 2.86. The molecule has 1 aromatic heterocycles. The van der Waals surface area contributed by atoms with Gasteiger partial charge in [-0.25, -0.2) is 9.37 Å². The molecule has 102 valence electrons. The maximum Gasteiger partial charge on any atom is 0.183 e. The molecule has 1 heterocycles. The summed E-state index contributed by atoms with van der Waals surface area (Å²) in [6.07, 6.45) is 0. The van der Waals surface area contributed by atoms with Crippen LogP contribution in [-0.2, 0) is 13.2 Å². The minimum absolute atomic E-state index is 0.0589. The first-order valence-electron chi connectivity index (χ1n) is 5.91. The van der Waals surface area contributed by atoms with E-state index < -0.39 is 5.82 Å². The second-order valence-electron chi connectivity index (χ2n) is 3.85. The van der Waals surface area contributed by atoms with Crippen molar-refractivity contribution in [1.29, 1.82) is 0 Å². The van der Waals surface area contributed by atoms with Crippen LogP contribution in [-0.4, -0.2) is 11.5 Å². The van der Waals surface area contributed by atoms with Crippen LogP contribution < -0.4 is 10.1 Å². The summed E-state index contributed by atoms with van der Waals surface area (Å²) >= 11 is 7.24. The van der Waals surface area contributed by atoms with Crippen molar-refractivity contribution in [2.24, 2.45) is 0 Å². The second-order valence-corrected chi connectivity index (χ2v) is 5.20. The van der Waals surface area contributed by atoms with E-state index in [-0.39, 0.29) is 17.4 Å². The first-order valence-corrected chi connectivity index (χ1v) is 7.17. The van der Waals surface area contributed by atoms with E-state index in [9.17, 15) is 4.39 Å². The third-order valence-electron chi connectivity index (χ3n) is 2.42. The molecule has 0 saturated carbocycles. The van der Waals surface area contributed by atoms with E-state index in [1.807, 2.05) is 12.3 Å². The van der Waals surface area contributed by atoms with E-state index >= 15 is 0 Å². The van der Waals surface area contributed by atoms with E-state index in [4.69, 9.17) is 16.3 Å². The molecular weight excluding hydrogens is 287 g/mol. The van der Waals surface area contributed by atoms with Crippen LogP contribution in [0.15, 0.2) is 23.6 Å². The molecule has 2 aromatic rings. The molecule has 2 rings (SSSR count). The first kappa shape index (κ1) is 14.2. The third kappa shape index (κ3) is 3.89. The number of ether oxygens (including phenoxy) is 1. The lowest BCUT2D eigenvalue weighted by atomic mass is 10.3. The predicted octanol–water partition coefficient (Wildman–Crippen LogP) is 3.62. The van der Waals surface area contributed by atoms with Gasteiger partial charge in [0.05, 0.1) is 10.7 Å². The Labute approximate surface area is 120 Å². The van der Waals surface area contributed by atoms with Crippen molar-refractivity contribution in [3.8, 4) is 5.75 Å². The molecule has 1 N–H and O–H groups in total. The highest BCUT2D eigenvalue weighted by molar-refractivity contribution is 7.09. The molecule has 0 amide bonds. The summed E-state index contributed by atoms with van der Waals surface area (Å²) < 4.78 is 19.0. The molecule has 0 unspecified atom stereocenters. The van der Waals surface area contributed by atoms with Crippen LogP contribution in [0.1, 0.15) is 17.6 Å². The summed E-state index contributed by atoms with van der Waals surface area (Å²) in [6, 6.07) is 4.69. The van der Waals surface area contributed by atoms with Gasteiger partial charge in [0.2, 0.25) is 0 Å². The Hall–Kier alpha value is -1.17. The van der Waals surface area contributed by atoms with Gasteiger partial charge in [0, 0.05) is 11.9 Å². The molecule has 0 aliphatic carbocycles. The van der Waals surface area contributed by atoms with E-state index in [1.165, 1.54) is 6.07 Å². The summed E-state index contributed by atoms with van der Waals surface area (Å²) in [5.41, 5.74) is 0.789. The van der Waals surface area contributed by atoms with Crippen molar-refractivity contribution in [2.75, 3.05) is 6.54 Å². The van der Waals surface area contributed by atoms with Gasteiger partial charge >= 0.3 is 0 Å². The van der Waals surface area contributed by atoms with E-state index in [0.717, 1.165) is 23.8 Å². The third-order valence-corrected chi connectivity index (χ3v) is 3.61. The molecule has 0 bridgehead atoms. The Bertz CT molecular complexity index is 547. The molecule has 3 nitrogen and oxygen atoms in total. The Morgan fingerprint density at radius 2 is 2.32 bits per heavy atom. The van der Waals surface area contributed by atoms with Gasteiger partial charge in [-0.15, -0.1) is 11.3 Å². The fourth-order valence-electron chi connectivity index (χ4n) is 1.48. The number of rotatable bonds is 6. The summed E-state index contributed by atoms with van der Waals surface area (Å²) in [7, 11) is 0. The van der Waals surface area contributed by atoms with Crippen LogP contribution in [0.2, 0.25) is 5.02 Å². The maximum absolute atomic E-state index is 13.6. The standard InChI is InChI=1S/C13H14ClFN2OS/c1-2-16-6-12-17-9(8-19-12)7-18-11-5-3-4-10(14)13(11)15/h3-5,8,16H,2,6-7H2,1H3. The van der Waals surface area contributed by atoms with Gasteiger partial charge in [-0.1, -0.05) is 24.6 Å². The van der Waals surface area contributed by atoms with Crippen molar-refractivity contribution < 1.29 is 9.13 Å². The smallest absolute Gasteiger partial charge is 0.183 e. The highest BCUT2D eigenvalue weighted by atomic mass is 35.5. The zero-order valence-electron chi connectivity index (χ0n) is 10.5. The molecule has 0 fully saturated rings. The minimum Gasteiger partial charge on any atom is -0.484 e. The van der Waals surface area contributed by atoms with Crippen molar-refractivity contribution in [3.63, 3.8) is 0 Å². The average molecular weight is 301 g/mol. The Balaban J connectivity index is 1.95. The van der Waals surface area contributed by atoms with Gasteiger partial charge in [-0.2, -0.15) is 0 Å². The lowest BCUT2D eigenvalue weighted by Crippen LogP contribution is -2.11. The van der Waals surface area contributed by atoms with Gasteiger partial charge in [0.1, 0.15) is 11.6 Å². The van der Waals surface area contributed by atoms with Crippen LogP contribution in [0.5, 0.6) is 5.75 Å². The molecule has 0 aliphatic rings. The zero-order chi connectivity index (χ0) is 13.7. The quantitative estimate of drug-likeness (QED) is 0.884.